The lowest BCUT2D eigenvalue weighted by Crippen LogP contribution is -2.25. The van der Waals surface area contributed by atoms with Crippen LogP contribution in [0.2, 0.25) is 0 Å². The molecule has 0 aliphatic heterocycles. The molecule has 166 valence electrons. The minimum absolute atomic E-state index is 0.0563. The highest BCUT2D eigenvalue weighted by atomic mass is 19.1. The van der Waals surface area contributed by atoms with Crippen LogP contribution in [0.4, 0.5) is 10.1 Å². The molecule has 0 aliphatic rings. The van der Waals surface area contributed by atoms with Gasteiger partial charge in [-0.2, -0.15) is 0 Å². The molecular weight excluding hydrogens is 415 g/mol. The molecule has 0 heterocycles. The van der Waals surface area contributed by atoms with E-state index in [1.807, 2.05) is 0 Å². The molecule has 3 aromatic rings. The van der Waals surface area contributed by atoms with Crippen molar-refractivity contribution in [2.75, 3.05) is 26.1 Å². The van der Waals surface area contributed by atoms with E-state index in [9.17, 15) is 14.0 Å². The largest absolute Gasteiger partial charge is 0.497 e. The quantitative estimate of drug-likeness (QED) is 0.531. The SMILES string of the molecule is COc1cc(CNC(=O)c2ccccc2OCC(=O)Nc2ccccc2F)cc(OC)c1. The first-order chi connectivity index (χ1) is 15.5. The highest BCUT2D eigenvalue weighted by molar-refractivity contribution is 5.97. The summed E-state index contributed by atoms with van der Waals surface area (Å²) in [6.45, 7) is -0.153. The zero-order valence-electron chi connectivity index (χ0n) is 17.7. The van der Waals surface area contributed by atoms with Crippen molar-refractivity contribution in [2.45, 2.75) is 6.54 Å². The molecular formula is C24H23FN2O5. The number of carbonyl (C=O) groups excluding carboxylic acids is 2. The molecule has 0 fully saturated rings. The Hall–Kier alpha value is -4.07. The summed E-state index contributed by atoms with van der Waals surface area (Å²) in [5.74, 6) is -0.0196. The van der Waals surface area contributed by atoms with Crippen LogP contribution in [0.15, 0.2) is 66.7 Å². The number of para-hydroxylation sites is 2. The van der Waals surface area contributed by atoms with Crippen molar-refractivity contribution < 1.29 is 28.2 Å². The number of amides is 2. The summed E-state index contributed by atoms with van der Waals surface area (Å²) < 4.78 is 29.7. The minimum atomic E-state index is -0.547. The maximum atomic E-state index is 13.7. The van der Waals surface area contributed by atoms with Crippen molar-refractivity contribution in [3.8, 4) is 17.2 Å². The average Bonchev–Trinajstić information content (AvgIpc) is 2.82. The van der Waals surface area contributed by atoms with Crippen molar-refractivity contribution in [3.63, 3.8) is 0 Å². The third-order valence-corrected chi connectivity index (χ3v) is 4.50. The fourth-order valence-corrected chi connectivity index (χ4v) is 2.92. The molecule has 2 amide bonds. The second kappa shape index (κ2) is 10.8. The predicted molar refractivity (Wildman–Crippen MR) is 118 cm³/mol. The molecule has 3 rings (SSSR count). The van der Waals surface area contributed by atoms with Gasteiger partial charge in [-0.25, -0.2) is 4.39 Å². The van der Waals surface area contributed by atoms with Gasteiger partial charge in [0.2, 0.25) is 0 Å². The average molecular weight is 438 g/mol. The number of anilines is 1. The summed E-state index contributed by atoms with van der Waals surface area (Å²) in [6, 6.07) is 17.7. The molecule has 0 saturated carbocycles. The van der Waals surface area contributed by atoms with Crippen LogP contribution < -0.4 is 24.8 Å². The molecule has 2 N–H and O–H groups in total. The van der Waals surface area contributed by atoms with Crippen LogP contribution in [0.1, 0.15) is 15.9 Å². The second-order valence-corrected chi connectivity index (χ2v) is 6.72. The van der Waals surface area contributed by atoms with Gasteiger partial charge < -0.3 is 24.8 Å². The number of hydrogen-bond donors (Lipinski definition) is 2. The van der Waals surface area contributed by atoms with Crippen molar-refractivity contribution in [1.82, 2.24) is 5.32 Å². The Morgan fingerprint density at radius 2 is 1.56 bits per heavy atom. The number of methoxy groups -OCH3 is 2. The fraction of sp³-hybridized carbons (Fsp3) is 0.167. The molecule has 32 heavy (non-hydrogen) atoms. The van der Waals surface area contributed by atoms with E-state index in [4.69, 9.17) is 14.2 Å². The molecule has 0 aliphatic carbocycles. The lowest BCUT2D eigenvalue weighted by Gasteiger charge is -2.13. The standard InChI is InChI=1S/C24H23FN2O5/c1-30-17-11-16(12-18(13-17)31-2)14-26-24(29)19-7-3-6-10-22(19)32-15-23(28)27-21-9-5-4-8-20(21)25/h3-13H,14-15H2,1-2H3,(H,26,29)(H,27,28). The van der Waals surface area contributed by atoms with Crippen LogP contribution in [0.5, 0.6) is 17.2 Å². The number of rotatable bonds is 9. The van der Waals surface area contributed by atoms with Crippen LogP contribution in [0.3, 0.4) is 0 Å². The van der Waals surface area contributed by atoms with Crippen LogP contribution >= 0.6 is 0 Å². The van der Waals surface area contributed by atoms with E-state index >= 15 is 0 Å². The first-order valence-electron chi connectivity index (χ1n) is 9.76. The summed E-state index contributed by atoms with van der Waals surface area (Å²) in [7, 11) is 3.10. The van der Waals surface area contributed by atoms with E-state index in [1.54, 1.807) is 62.8 Å². The van der Waals surface area contributed by atoms with Gasteiger partial charge in [0.25, 0.3) is 11.8 Å². The van der Waals surface area contributed by atoms with Crippen molar-refractivity contribution in [1.29, 1.82) is 0 Å². The minimum Gasteiger partial charge on any atom is -0.497 e. The zero-order valence-corrected chi connectivity index (χ0v) is 17.7. The molecule has 0 aromatic heterocycles. The van der Waals surface area contributed by atoms with Gasteiger partial charge in [0.1, 0.15) is 23.1 Å². The monoisotopic (exact) mass is 438 g/mol. The summed E-state index contributed by atoms with van der Waals surface area (Å²) in [6.07, 6.45) is 0. The summed E-state index contributed by atoms with van der Waals surface area (Å²) >= 11 is 0. The zero-order chi connectivity index (χ0) is 22.9. The topological polar surface area (TPSA) is 85.9 Å². The lowest BCUT2D eigenvalue weighted by molar-refractivity contribution is -0.118. The number of nitrogens with one attached hydrogen (secondary N) is 2. The van der Waals surface area contributed by atoms with Crippen LogP contribution in [0.25, 0.3) is 0 Å². The van der Waals surface area contributed by atoms with Crippen LogP contribution in [0, 0.1) is 5.82 Å². The number of hydrogen-bond acceptors (Lipinski definition) is 5. The van der Waals surface area contributed by atoms with E-state index in [0.29, 0.717) is 11.5 Å². The molecule has 0 bridgehead atoms. The van der Waals surface area contributed by atoms with E-state index in [-0.39, 0.29) is 36.1 Å². The number of benzene rings is 3. The third kappa shape index (κ3) is 5.98. The van der Waals surface area contributed by atoms with Crippen molar-refractivity contribution >= 4 is 17.5 Å². The van der Waals surface area contributed by atoms with E-state index in [1.165, 1.54) is 18.2 Å². The maximum Gasteiger partial charge on any atom is 0.262 e. The highest BCUT2D eigenvalue weighted by Crippen LogP contribution is 2.23. The number of halogens is 1. The first-order valence-corrected chi connectivity index (χ1v) is 9.76. The molecule has 0 radical (unpaired) electrons. The van der Waals surface area contributed by atoms with Crippen molar-refractivity contribution in [3.05, 3.63) is 83.7 Å². The fourth-order valence-electron chi connectivity index (χ4n) is 2.92. The first kappa shape index (κ1) is 22.6. The predicted octanol–water partition coefficient (Wildman–Crippen LogP) is 3.79. The Kier molecular flexibility index (Phi) is 7.64. The Morgan fingerprint density at radius 3 is 2.25 bits per heavy atom. The molecule has 3 aromatic carbocycles. The van der Waals surface area contributed by atoms with Gasteiger partial charge in [-0.15, -0.1) is 0 Å². The molecule has 7 nitrogen and oxygen atoms in total. The third-order valence-electron chi connectivity index (χ3n) is 4.50. The summed E-state index contributed by atoms with van der Waals surface area (Å²) in [4.78, 5) is 24.8. The molecule has 0 atom stereocenters. The Bertz CT molecular complexity index is 1080. The van der Waals surface area contributed by atoms with Gasteiger partial charge in [0.15, 0.2) is 6.61 Å². The van der Waals surface area contributed by atoms with Gasteiger partial charge in [-0.05, 0) is 42.0 Å². The second-order valence-electron chi connectivity index (χ2n) is 6.72. The van der Waals surface area contributed by atoms with Gasteiger partial charge in [0.05, 0.1) is 25.5 Å². The summed E-state index contributed by atoms with van der Waals surface area (Å²) in [5, 5.41) is 5.25. The van der Waals surface area contributed by atoms with E-state index < -0.39 is 11.7 Å². The van der Waals surface area contributed by atoms with E-state index in [0.717, 1.165) is 5.56 Å². The highest BCUT2D eigenvalue weighted by Gasteiger charge is 2.14. The number of carbonyl (C=O) groups is 2. The van der Waals surface area contributed by atoms with Gasteiger partial charge in [-0.1, -0.05) is 24.3 Å². The van der Waals surface area contributed by atoms with Gasteiger partial charge in [0, 0.05) is 12.6 Å². The molecule has 8 heteroatoms. The Morgan fingerprint density at radius 1 is 0.906 bits per heavy atom. The molecule has 0 spiro atoms. The van der Waals surface area contributed by atoms with E-state index in [2.05, 4.69) is 10.6 Å². The molecule has 0 unspecified atom stereocenters. The smallest absolute Gasteiger partial charge is 0.262 e. The lowest BCUT2D eigenvalue weighted by atomic mass is 10.1. The number of ether oxygens (including phenoxy) is 3. The van der Waals surface area contributed by atoms with Crippen LogP contribution in [-0.4, -0.2) is 32.6 Å². The van der Waals surface area contributed by atoms with Gasteiger partial charge >= 0.3 is 0 Å². The summed E-state index contributed by atoms with van der Waals surface area (Å²) in [5.41, 5.74) is 1.11. The maximum absolute atomic E-state index is 13.7. The normalized spacial score (nSPS) is 10.2. The molecule has 0 saturated heterocycles. The van der Waals surface area contributed by atoms with Crippen LogP contribution in [-0.2, 0) is 11.3 Å². The Labute approximate surface area is 185 Å². The Balaban J connectivity index is 1.62. The van der Waals surface area contributed by atoms with Crippen molar-refractivity contribution in [2.24, 2.45) is 0 Å². The van der Waals surface area contributed by atoms with Gasteiger partial charge in [-0.3, -0.25) is 9.59 Å².